The summed E-state index contributed by atoms with van der Waals surface area (Å²) in [6.45, 7) is 3.83. The number of halogens is 2. The summed E-state index contributed by atoms with van der Waals surface area (Å²) in [4.78, 5) is 37.6. The van der Waals surface area contributed by atoms with E-state index in [0.717, 1.165) is 6.42 Å². The summed E-state index contributed by atoms with van der Waals surface area (Å²) in [5, 5.41) is 0.569. The fourth-order valence-electron chi connectivity index (χ4n) is 3.07. The van der Waals surface area contributed by atoms with Crippen molar-refractivity contribution in [2.75, 3.05) is 0 Å². The van der Waals surface area contributed by atoms with Gasteiger partial charge < -0.3 is 0 Å². The molecular formula is C17H18Cl2O3. The molecule has 1 aromatic carbocycles. The topological polar surface area (TPSA) is 51.2 Å². The predicted octanol–water partition coefficient (Wildman–Crippen LogP) is 4.53. The Hall–Kier alpha value is -1.19. The third-order valence-electron chi connectivity index (χ3n) is 4.36. The molecule has 0 heterocycles. The van der Waals surface area contributed by atoms with E-state index in [9.17, 15) is 14.4 Å². The first-order valence-electron chi connectivity index (χ1n) is 7.36. The Morgan fingerprint density at radius 1 is 1.32 bits per heavy atom. The Kier molecular flexibility index (Phi) is 5.08. The van der Waals surface area contributed by atoms with Crippen molar-refractivity contribution in [2.24, 2.45) is 11.3 Å². The highest BCUT2D eigenvalue weighted by molar-refractivity contribution is 6.38. The second kappa shape index (κ2) is 6.51. The van der Waals surface area contributed by atoms with Gasteiger partial charge in [0, 0.05) is 22.4 Å². The maximum absolute atomic E-state index is 12.7. The molecule has 0 radical (unpaired) electrons. The highest BCUT2D eigenvalue weighted by Gasteiger charge is 2.48. The lowest BCUT2D eigenvalue weighted by molar-refractivity contribution is -0.141. The average molecular weight is 341 g/mol. The highest BCUT2D eigenvalue weighted by Crippen LogP contribution is 2.39. The lowest BCUT2D eigenvalue weighted by atomic mass is 9.65. The smallest absolute Gasteiger partial charge is 0.182 e. The Labute approximate surface area is 140 Å². The van der Waals surface area contributed by atoms with Crippen molar-refractivity contribution in [3.63, 3.8) is 0 Å². The molecule has 0 spiro atoms. The summed E-state index contributed by atoms with van der Waals surface area (Å²) in [7, 11) is 0. The van der Waals surface area contributed by atoms with Crippen LogP contribution >= 0.6 is 23.2 Å². The van der Waals surface area contributed by atoms with Crippen LogP contribution < -0.4 is 0 Å². The van der Waals surface area contributed by atoms with Crippen LogP contribution in [-0.4, -0.2) is 17.3 Å². The molecule has 2 atom stereocenters. The Morgan fingerprint density at radius 2 is 2.00 bits per heavy atom. The molecule has 0 aromatic heterocycles. The zero-order valence-corrected chi connectivity index (χ0v) is 14.1. The number of benzene rings is 1. The van der Waals surface area contributed by atoms with Crippen LogP contribution in [0.3, 0.4) is 0 Å². The SMILES string of the molecule is CCCC1(C)CCC(=O)C(C(=O)c2ccc(Cl)cc2Cl)C1=O. The fraction of sp³-hybridized carbons (Fsp3) is 0.471. The second-order valence-electron chi connectivity index (χ2n) is 6.06. The summed E-state index contributed by atoms with van der Waals surface area (Å²) in [6, 6.07) is 4.45. The first kappa shape index (κ1) is 17.2. The number of carbonyl (C=O) groups excluding carboxylic acids is 3. The number of Topliss-reactive ketones (excluding diaryl/α,β-unsaturated/α-hetero) is 3. The number of rotatable bonds is 4. The van der Waals surface area contributed by atoms with E-state index in [-0.39, 0.29) is 28.6 Å². The maximum atomic E-state index is 12.7. The quantitative estimate of drug-likeness (QED) is 0.597. The van der Waals surface area contributed by atoms with Gasteiger partial charge in [-0.3, -0.25) is 14.4 Å². The van der Waals surface area contributed by atoms with Crippen molar-refractivity contribution in [1.82, 2.24) is 0 Å². The van der Waals surface area contributed by atoms with E-state index in [1.165, 1.54) is 18.2 Å². The van der Waals surface area contributed by atoms with Crippen molar-refractivity contribution >= 4 is 40.6 Å². The molecule has 2 unspecified atom stereocenters. The van der Waals surface area contributed by atoms with E-state index in [2.05, 4.69) is 0 Å². The Bertz CT molecular complexity index is 639. The molecule has 1 fully saturated rings. The normalized spacial score (nSPS) is 25.4. The molecule has 118 valence electrons. The van der Waals surface area contributed by atoms with Crippen molar-refractivity contribution in [2.45, 2.75) is 39.5 Å². The fourth-order valence-corrected chi connectivity index (χ4v) is 3.57. The summed E-state index contributed by atoms with van der Waals surface area (Å²) in [6.07, 6.45) is 2.27. The zero-order chi connectivity index (χ0) is 16.5. The van der Waals surface area contributed by atoms with Gasteiger partial charge in [0.25, 0.3) is 0 Å². The molecule has 2 rings (SSSR count). The van der Waals surface area contributed by atoms with Crippen LogP contribution in [0.25, 0.3) is 0 Å². The van der Waals surface area contributed by atoms with Gasteiger partial charge in [-0.25, -0.2) is 0 Å². The first-order valence-corrected chi connectivity index (χ1v) is 8.12. The number of hydrogen-bond donors (Lipinski definition) is 0. The number of ketones is 3. The van der Waals surface area contributed by atoms with Gasteiger partial charge in [-0.1, -0.05) is 43.5 Å². The molecule has 1 aromatic rings. The molecular weight excluding hydrogens is 323 g/mol. The summed E-state index contributed by atoms with van der Waals surface area (Å²) in [5.74, 6) is -2.33. The zero-order valence-electron chi connectivity index (χ0n) is 12.6. The van der Waals surface area contributed by atoms with E-state index in [1.807, 2.05) is 13.8 Å². The average Bonchev–Trinajstić information content (AvgIpc) is 2.44. The molecule has 22 heavy (non-hydrogen) atoms. The largest absolute Gasteiger partial charge is 0.298 e. The van der Waals surface area contributed by atoms with E-state index >= 15 is 0 Å². The van der Waals surface area contributed by atoms with Gasteiger partial charge in [0.15, 0.2) is 17.3 Å². The molecule has 0 aliphatic heterocycles. The molecule has 1 aliphatic carbocycles. The monoisotopic (exact) mass is 340 g/mol. The van der Waals surface area contributed by atoms with E-state index < -0.39 is 17.1 Å². The lowest BCUT2D eigenvalue weighted by Crippen LogP contribution is -2.46. The third-order valence-corrected chi connectivity index (χ3v) is 4.91. The van der Waals surface area contributed by atoms with E-state index in [4.69, 9.17) is 23.2 Å². The minimum absolute atomic E-state index is 0.167. The Morgan fingerprint density at radius 3 is 2.59 bits per heavy atom. The minimum atomic E-state index is -1.23. The van der Waals surface area contributed by atoms with Crippen molar-refractivity contribution in [3.05, 3.63) is 33.8 Å². The number of hydrogen-bond acceptors (Lipinski definition) is 3. The van der Waals surface area contributed by atoms with Crippen LogP contribution in [0, 0.1) is 11.3 Å². The van der Waals surface area contributed by atoms with Crippen LogP contribution in [0.2, 0.25) is 10.0 Å². The minimum Gasteiger partial charge on any atom is -0.298 e. The van der Waals surface area contributed by atoms with E-state index in [0.29, 0.717) is 17.9 Å². The van der Waals surface area contributed by atoms with Crippen molar-refractivity contribution in [3.8, 4) is 0 Å². The predicted molar refractivity (Wildman–Crippen MR) is 86.5 cm³/mol. The van der Waals surface area contributed by atoms with Crippen LogP contribution in [0.15, 0.2) is 18.2 Å². The highest BCUT2D eigenvalue weighted by atomic mass is 35.5. The summed E-state index contributed by atoms with van der Waals surface area (Å²) >= 11 is 11.9. The Balaban J connectivity index is 2.38. The van der Waals surface area contributed by atoms with Crippen LogP contribution in [0.5, 0.6) is 0 Å². The standard InChI is InChI=1S/C17H18Cl2O3/c1-3-7-17(2)8-6-13(20)14(16(17)22)15(21)11-5-4-10(18)9-12(11)19/h4-5,9,14H,3,6-8H2,1-2H3. The maximum Gasteiger partial charge on any atom is 0.182 e. The lowest BCUT2D eigenvalue weighted by Gasteiger charge is -2.35. The van der Waals surface area contributed by atoms with Crippen LogP contribution in [0.4, 0.5) is 0 Å². The molecule has 0 N–H and O–H groups in total. The summed E-state index contributed by atoms with van der Waals surface area (Å²) < 4.78 is 0. The van der Waals surface area contributed by atoms with Gasteiger partial charge in [0.1, 0.15) is 5.92 Å². The van der Waals surface area contributed by atoms with Gasteiger partial charge in [0.05, 0.1) is 5.02 Å². The van der Waals surface area contributed by atoms with Gasteiger partial charge in [-0.05, 0) is 31.0 Å². The van der Waals surface area contributed by atoms with Crippen molar-refractivity contribution < 1.29 is 14.4 Å². The molecule has 0 amide bonds. The van der Waals surface area contributed by atoms with Gasteiger partial charge >= 0.3 is 0 Å². The van der Waals surface area contributed by atoms with Crippen LogP contribution in [0.1, 0.15) is 49.9 Å². The first-order chi connectivity index (χ1) is 10.3. The number of carbonyl (C=O) groups is 3. The second-order valence-corrected chi connectivity index (χ2v) is 6.91. The van der Waals surface area contributed by atoms with Gasteiger partial charge in [0.2, 0.25) is 0 Å². The molecule has 0 saturated heterocycles. The van der Waals surface area contributed by atoms with Crippen molar-refractivity contribution in [1.29, 1.82) is 0 Å². The molecule has 0 bridgehead atoms. The molecule has 1 aliphatic rings. The molecule has 5 heteroatoms. The molecule has 1 saturated carbocycles. The summed E-state index contributed by atoms with van der Waals surface area (Å²) in [5.41, 5.74) is -0.430. The van der Waals surface area contributed by atoms with Gasteiger partial charge in [-0.15, -0.1) is 0 Å². The van der Waals surface area contributed by atoms with Gasteiger partial charge in [-0.2, -0.15) is 0 Å². The van der Waals surface area contributed by atoms with Crippen LogP contribution in [-0.2, 0) is 9.59 Å². The third kappa shape index (κ3) is 3.11. The van der Waals surface area contributed by atoms with E-state index in [1.54, 1.807) is 0 Å². The molecule has 3 nitrogen and oxygen atoms in total.